The highest BCUT2D eigenvalue weighted by Gasteiger charge is 2.49. The van der Waals surface area contributed by atoms with Crippen LogP contribution in [0.5, 0.6) is 0 Å². The summed E-state index contributed by atoms with van der Waals surface area (Å²) in [5.41, 5.74) is 5.15. The zero-order chi connectivity index (χ0) is 14.0. The second kappa shape index (κ2) is 5.45. The van der Waals surface area contributed by atoms with Gasteiger partial charge in [0, 0.05) is 18.1 Å². The van der Waals surface area contributed by atoms with Crippen molar-refractivity contribution in [3.8, 4) is 0 Å². The second-order valence-corrected chi connectivity index (χ2v) is 6.32. The molecule has 2 N–H and O–H groups in total. The summed E-state index contributed by atoms with van der Waals surface area (Å²) in [6, 6.07) is 0.210. The molecular formula is C13H26N2O3. The Morgan fingerprint density at radius 3 is 2.44 bits per heavy atom. The van der Waals surface area contributed by atoms with Gasteiger partial charge in [0.25, 0.3) is 0 Å². The number of rotatable bonds is 4. The summed E-state index contributed by atoms with van der Waals surface area (Å²) in [6.45, 7) is 12.5. The standard InChI is InChI=1S/C13H26N2O3/c1-7-17-10-8-9(13(10,5)6)14-15-11(16)18-12(2,3)4/h9-10,14H,7-8H2,1-6H3,(H,15,16). The molecule has 1 saturated carbocycles. The highest BCUT2D eigenvalue weighted by molar-refractivity contribution is 5.67. The van der Waals surface area contributed by atoms with Crippen molar-refractivity contribution in [2.24, 2.45) is 5.41 Å². The van der Waals surface area contributed by atoms with Gasteiger partial charge in [-0.15, -0.1) is 0 Å². The predicted molar refractivity (Wildman–Crippen MR) is 70.1 cm³/mol. The van der Waals surface area contributed by atoms with E-state index in [2.05, 4.69) is 24.7 Å². The largest absolute Gasteiger partial charge is 0.443 e. The minimum Gasteiger partial charge on any atom is -0.443 e. The van der Waals surface area contributed by atoms with Gasteiger partial charge in [-0.3, -0.25) is 5.43 Å². The minimum absolute atomic E-state index is 0.0189. The van der Waals surface area contributed by atoms with Gasteiger partial charge in [-0.25, -0.2) is 10.2 Å². The van der Waals surface area contributed by atoms with E-state index in [9.17, 15) is 4.79 Å². The molecule has 1 aliphatic carbocycles. The summed E-state index contributed by atoms with van der Waals surface area (Å²) in [5.74, 6) is 0. The van der Waals surface area contributed by atoms with Crippen LogP contribution in [0.3, 0.4) is 0 Å². The van der Waals surface area contributed by atoms with Crippen LogP contribution in [-0.2, 0) is 9.47 Å². The summed E-state index contributed by atoms with van der Waals surface area (Å²) in [6.07, 6.45) is 0.704. The quantitative estimate of drug-likeness (QED) is 0.759. The monoisotopic (exact) mass is 258 g/mol. The Kier molecular flexibility index (Phi) is 4.61. The van der Waals surface area contributed by atoms with Crippen molar-refractivity contribution in [1.82, 2.24) is 10.9 Å². The molecule has 5 nitrogen and oxygen atoms in total. The van der Waals surface area contributed by atoms with Gasteiger partial charge < -0.3 is 9.47 Å². The highest BCUT2D eigenvalue weighted by atomic mass is 16.6. The van der Waals surface area contributed by atoms with Crippen LogP contribution in [-0.4, -0.2) is 30.4 Å². The van der Waals surface area contributed by atoms with E-state index in [-0.39, 0.29) is 17.6 Å². The average molecular weight is 258 g/mol. The van der Waals surface area contributed by atoms with Crippen LogP contribution in [0.15, 0.2) is 0 Å². The van der Waals surface area contributed by atoms with Crippen molar-refractivity contribution in [2.75, 3.05) is 6.61 Å². The molecule has 1 rings (SSSR count). The van der Waals surface area contributed by atoms with Crippen molar-refractivity contribution in [2.45, 2.75) is 65.7 Å². The maximum Gasteiger partial charge on any atom is 0.422 e. The zero-order valence-corrected chi connectivity index (χ0v) is 12.3. The van der Waals surface area contributed by atoms with Crippen LogP contribution >= 0.6 is 0 Å². The van der Waals surface area contributed by atoms with E-state index in [1.54, 1.807) is 0 Å². The van der Waals surface area contributed by atoms with Gasteiger partial charge in [0.15, 0.2) is 0 Å². The predicted octanol–water partition coefficient (Wildman–Crippen LogP) is 2.22. The fourth-order valence-electron chi connectivity index (χ4n) is 2.06. The van der Waals surface area contributed by atoms with E-state index in [4.69, 9.17) is 9.47 Å². The van der Waals surface area contributed by atoms with Crippen LogP contribution < -0.4 is 10.9 Å². The molecule has 5 heteroatoms. The van der Waals surface area contributed by atoms with Crippen molar-refractivity contribution >= 4 is 6.09 Å². The van der Waals surface area contributed by atoms with E-state index in [1.165, 1.54) is 0 Å². The average Bonchev–Trinajstić information content (AvgIpc) is 2.19. The van der Waals surface area contributed by atoms with Crippen LogP contribution in [0, 0.1) is 5.41 Å². The molecule has 0 radical (unpaired) electrons. The van der Waals surface area contributed by atoms with Gasteiger partial charge >= 0.3 is 6.09 Å². The lowest BCUT2D eigenvalue weighted by Gasteiger charge is -2.51. The number of hydrogen-bond acceptors (Lipinski definition) is 4. The van der Waals surface area contributed by atoms with Crippen molar-refractivity contribution in [3.05, 3.63) is 0 Å². The third kappa shape index (κ3) is 3.85. The van der Waals surface area contributed by atoms with Gasteiger partial charge in [-0.2, -0.15) is 0 Å². The normalized spacial score (nSPS) is 26.3. The fraction of sp³-hybridized carbons (Fsp3) is 0.923. The van der Waals surface area contributed by atoms with Crippen LogP contribution in [0.2, 0.25) is 0 Å². The summed E-state index contributed by atoms with van der Waals surface area (Å²) < 4.78 is 10.8. The molecule has 2 unspecified atom stereocenters. The Bertz CT molecular complexity index is 297. The van der Waals surface area contributed by atoms with E-state index < -0.39 is 11.7 Å². The lowest BCUT2D eigenvalue weighted by Crippen LogP contribution is -2.64. The molecule has 1 amide bonds. The van der Waals surface area contributed by atoms with Crippen molar-refractivity contribution in [3.63, 3.8) is 0 Å². The Hall–Kier alpha value is -0.810. The SMILES string of the molecule is CCOC1CC(NNC(=O)OC(C)(C)C)C1(C)C. The lowest BCUT2D eigenvalue weighted by atomic mass is 9.65. The van der Waals surface area contributed by atoms with Crippen LogP contribution in [0.1, 0.15) is 48.0 Å². The molecule has 2 atom stereocenters. The number of hydrogen-bond donors (Lipinski definition) is 2. The number of nitrogens with one attached hydrogen (secondary N) is 2. The second-order valence-electron chi connectivity index (χ2n) is 6.32. The van der Waals surface area contributed by atoms with E-state index in [0.717, 1.165) is 13.0 Å². The van der Waals surface area contributed by atoms with Gasteiger partial charge in [0.05, 0.1) is 6.10 Å². The Balaban J connectivity index is 2.32. The molecule has 0 bridgehead atoms. The topological polar surface area (TPSA) is 59.6 Å². The molecule has 18 heavy (non-hydrogen) atoms. The van der Waals surface area contributed by atoms with Crippen molar-refractivity contribution in [1.29, 1.82) is 0 Å². The van der Waals surface area contributed by atoms with Gasteiger partial charge in [-0.05, 0) is 34.1 Å². The van der Waals surface area contributed by atoms with Crippen LogP contribution in [0.4, 0.5) is 4.79 Å². The minimum atomic E-state index is -0.477. The number of carbonyl (C=O) groups excluding carboxylic acids is 1. The van der Waals surface area contributed by atoms with E-state index >= 15 is 0 Å². The van der Waals surface area contributed by atoms with Gasteiger partial charge in [0.1, 0.15) is 5.60 Å². The third-order valence-corrected chi connectivity index (χ3v) is 3.29. The lowest BCUT2D eigenvalue weighted by molar-refractivity contribution is -0.117. The first-order chi connectivity index (χ1) is 8.16. The molecule has 0 aromatic heterocycles. The Morgan fingerprint density at radius 2 is 2.00 bits per heavy atom. The summed E-state index contributed by atoms with van der Waals surface area (Å²) in [7, 11) is 0. The summed E-state index contributed by atoms with van der Waals surface area (Å²) in [5, 5.41) is 0. The van der Waals surface area contributed by atoms with E-state index in [1.807, 2.05) is 27.7 Å². The Labute approximate surface area is 110 Å². The van der Waals surface area contributed by atoms with Gasteiger partial charge in [-0.1, -0.05) is 13.8 Å². The first kappa shape index (κ1) is 15.2. The van der Waals surface area contributed by atoms with Crippen molar-refractivity contribution < 1.29 is 14.3 Å². The van der Waals surface area contributed by atoms with E-state index in [0.29, 0.717) is 0 Å². The highest BCUT2D eigenvalue weighted by Crippen LogP contribution is 2.42. The number of hydrazine groups is 1. The van der Waals surface area contributed by atoms with Crippen LogP contribution in [0.25, 0.3) is 0 Å². The smallest absolute Gasteiger partial charge is 0.422 e. The molecule has 0 aromatic carbocycles. The molecule has 1 aliphatic rings. The number of carbonyl (C=O) groups is 1. The molecule has 1 fully saturated rings. The fourth-order valence-corrected chi connectivity index (χ4v) is 2.06. The molecule has 0 saturated heterocycles. The Morgan fingerprint density at radius 1 is 1.39 bits per heavy atom. The first-order valence-electron chi connectivity index (χ1n) is 6.53. The zero-order valence-electron chi connectivity index (χ0n) is 12.3. The molecular weight excluding hydrogens is 232 g/mol. The number of amides is 1. The number of ether oxygens (including phenoxy) is 2. The summed E-state index contributed by atoms with van der Waals surface area (Å²) >= 11 is 0. The summed E-state index contributed by atoms with van der Waals surface area (Å²) in [4.78, 5) is 11.5. The first-order valence-corrected chi connectivity index (χ1v) is 6.53. The maximum atomic E-state index is 11.5. The molecule has 106 valence electrons. The molecule has 0 aliphatic heterocycles. The molecule has 0 spiro atoms. The third-order valence-electron chi connectivity index (χ3n) is 3.29. The maximum absolute atomic E-state index is 11.5. The molecule has 0 heterocycles. The van der Waals surface area contributed by atoms with Gasteiger partial charge in [0.2, 0.25) is 0 Å². The molecule has 0 aromatic rings.